The van der Waals surface area contributed by atoms with Gasteiger partial charge in [0.15, 0.2) is 0 Å². The van der Waals surface area contributed by atoms with Crippen LogP contribution in [0.1, 0.15) is 26.2 Å². The number of halogens is 1. The number of rotatable bonds is 7. The number of amides is 1. The molecule has 1 fully saturated rings. The molecule has 0 spiro atoms. The van der Waals surface area contributed by atoms with Crippen LogP contribution in [0.4, 0.5) is 4.39 Å². The third kappa shape index (κ3) is 3.14. The molecule has 1 rings (SSSR count). The topological polar surface area (TPSA) is 86.7 Å². The van der Waals surface area contributed by atoms with Crippen LogP contribution in [0.3, 0.4) is 0 Å². The molecule has 1 aliphatic heterocycles. The maximum absolute atomic E-state index is 12.6. The first-order valence-corrected chi connectivity index (χ1v) is 6.93. The summed E-state index contributed by atoms with van der Waals surface area (Å²) in [5.41, 5.74) is 0. The Kier molecular flexibility index (Phi) is 4.84. The third-order valence-corrected chi connectivity index (χ3v) is 3.67. The van der Waals surface area contributed by atoms with E-state index in [2.05, 4.69) is 5.32 Å². The second kappa shape index (κ2) is 5.74. The molecular weight excluding hydrogens is 251 g/mol. The van der Waals surface area contributed by atoms with Gasteiger partial charge in [0.25, 0.3) is 5.91 Å². The number of carbonyl (C=O) groups excluding carboxylic acids is 1. The minimum atomic E-state index is -4.64. The van der Waals surface area contributed by atoms with Crippen molar-refractivity contribution in [1.29, 1.82) is 0 Å². The molecule has 1 amide bonds. The van der Waals surface area contributed by atoms with Gasteiger partial charge in [0.2, 0.25) is 0 Å². The minimum Gasteiger partial charge on any atom is -0.304 e. The second-order valence-electron chi connectivity index (χ2n) is 3.97. The highest BCUT2D eigenvalue weighted by molar-refractivity contribution is 7.84. The van der Waals surface area contributed by atoms with Crippen molar-refractivity contribution in [2.24, 2.45) is 0 Å². The lowest BCUT2D eigenvalue weighted by Gasteiger charge is -2.42. The van der Waals surface area contributed by atoms with Crippen molar-refractivity contribution < 1.29 is 22.2 Å². The highest BCUT2D eigenvalue weighted by atomic mass is 32.2. The summed E-state index contributed by atoms with van der Waals surface area (Å²) in [6.45, 7) is 1.55. The van der Waals surface area contributed by atoms with Crippen molar-refractivity contribution in [2.75, 3.05) is 13.2 Å². The molecular formula is C9H17FN2O4S. The molecule has 8 heteroatoms. The quantitative estimate of drug-likeness (QED) is 0.389. The van der Waals surface area contributed by atoms with Crippen LogP contribution in [-0.4, -0.2) is 48.5 Å². The predicted octanol–water partition coefficient (Wildman–Crippen LogP) is 0.118. The van der Waals surface area contributed by atoms with E-state index in [0.717, 1.165) is 19.3 Å². The summed E-state index contributed by atoms with van der Waals surface area (Å²) in [5.74, 6) is -0.799. The standard InChI is InChI=1S/C9H17FN2O4S/c1-2-3-4-5-11-8-7(6-10)12(9(8)13)17(14,15)16/h7-8,11H,2-6H2,1H3,(H,14,15,16). The molecule has 1 aliphatic rings. The van der Waals surface area contributed by atoms with E-state index in [4.69, 9.17) is 4.55 Å². The summed E-state index contributed by atoms with van der Waals surface area (Å²) in [6.07, 6.45) is 2.84. The maximum Gasteiger partial charge on any atom is 0.362 e. The van der Waals surface area contributed by atoms with Crippen LogP contribution >= 0.6 is 0 Å². The molecule has 0 aliphatic carbocycles. The van der Waals surface area contributed by atoms with Gasteiger partial charge in [-0.2, -0.15) is 8.42 Å². The van der Waals surface area contributed by atoms with Crippen LogP contribution in [0.5, 0.6) is 0 Å². The van der Waals surface area contributed by atoms with Crippen LogP contribution in [-0.2, 0) is 15.1 Å². The van der Waals surface area contributed by atoms with Crippen LogP contribution in [0, 0.1) is 0 Å². The van der Waals surface area contributed by atoms with E-state index >= 15 is 0 Å². The molecule has 0 aromatic rings. The Labute approximate surface area is 100 Å². The molecule has 2 atom stereocenters. The van der Waals surface area contributed by atoms with Gasteiger partial charge < -0.3 is 5.32 Å². The van der Waals surface area contributed by atoms with E-state index in [-0.39, 0.29) is 4.31 Å². The van der Waals surface area contributed by atoms with E-state index in [0.29, 0.717) is 6.54 Å². The average molecular weight is 268 g/mol. The SMILES string of the molecule is CCCCCNC1C(=O)N(S(=O)(=O)O)C1CF. The normalized spacial score (nSPS) is 24.9. The summed E-state index contributed by atoms with van der Waals surface area (Å²) < 4.78 is 43.1. The van der Waals surface area contributed by atoms with Gasteiger partial charge in [-0.3, -0.25) is 9.35 Å². The first-order valence-electron chi connectivity index (χ1n) is 5.53. The van der Waals surface area contributed by atoms with E-state index < -0.39 is 35.0 Å². The van der Waals surface area contributed by atoms with Crippen LogP contribution in [0.25, 0.3) is 0 Å². The molecule has 0 bridgehead atoms. The number of β-lactam (4-membered cyclic amide) rings is 1. The molecule has 0 saturated carbocycles. The molecule has 0 radical (unpaired) electrons. The molecule has 100 valence electrons. The van der Waals surface area contributed by atoms with Crippen molar-refractivity contribution in [3.63, 3.8) is 0 Å². The molecule has 2 N–H and O–H groups in total. The fraction of sp³-hybridized carbons (Fsp3) is 0.889. The average Bonchev–Trinajstić information content (AvgIpc) is 2.23. The highest BCUT2D eigenvalue weighted by Crippen LogP contribution is 2.23. The lowest BCUT2D eigenvalue weighted by Crippen LogP contribution is -2.72. The summed E-state index contributed by atoms with van der Waals surface area (Å²) in [7, 11) is -4.64. The minimum absolute atomic E-state index is 0.185. The lowest BCUT2D eigenvalue weighted by molar-refractivity contribution is -0.143. The van der Waals surface area contributed by atoms with Gasteiger partial charge >= 0.3 is 10.3 Å². The first-order chi connectivity index (χ1) is 7.93. The number of nitrogens with zero attached hydrogens (tertiary/aromatic N) is 1. The third-order valence-electron chi connectivity index (χ3n) is 2.72. The molecule has 17 heavy (non-hydrogen) atoms. The summed E-state index contributed by atoms with van der Waals surface area (Å²) >= 11 is 0. The zero-order valence-corrected chi connectivity index (χ0v) is 10.4. The Balaban J connectivity index is 2.51. The van der Waals surface area contributed by atoms with Gasteiger partial charge in [0.05, 0.1) is 0 Å². The monoisotopic (exact) mass is 268 g/mol. The molecule has 1 heterocycles. The van der Waals surface area contributed by atoms with Crippen LogP contribution in [0.15, 0.2) is 0 Å². The van der Waals surface area contributed by atoms with Gasteiger partial charge in [0.1, 0.15) is 18.8 Å². The van der Waals surface area contributed by atoms with Gasteiger partial charge in [0, 0.05) is 0 Å². The zero-order chi connectivity index (χ0) is 13.1. The fourth-order valence-electron chi connectivity index (χ4n) is 1.81. The van der Waals surface area contributed by atoms with Crippen molar-refractivity contribution in [3.8, 4) is 0 Å². The van der Waals surface area contributed by atoms with Gasteiger partial charge in [-0.25, -0.2) is 8.70 Å². The molecule has 2 unspecified atom stereocenters. The van der Waals surface area contributed by atoms with Gasteiger partial charge in [-0.1, -0.05) is 19.8 Å². The molecule has 0 aromatic heterocycles. The Morgan fingerprint density at radius 2 is 2.12 bits per heavy atom. The molecule has 6 nitrogen and oxygen atoms in total. The van der Waals surface area contributed by atoms with Crippen LogP contribution in [0.2, 0.25) is 0 Å². The van der Waals surface area contributed by atoms with Crippen molar-refractivity contribution in [3.05, 3.63) is 0 Å². The lowest BCUT2D eigenvalue weighted by atomic mass is 10.00. The van der Waals surface area contributed by atoms with E-state index in [1.54, 1.807) is 0 Å². The predicted molar refractivity (Wildman–Crippen MR) is 59.5 cm³/mol. The highest BCUT2D eigenvalue weighted by Gasteiger charge is 2.52. The smallest absolute Gasteiger partial charge is 0.304 e. The number of alkyl halides is 1. The Morgan fingerprint density at radius 3 is 2.59 bits per heavy atom. The summed E-state index contributed by atoms with van der Waals surface area (Å²) in [6, 6.07) is -1.97. The summed E-state index contributed by atoms with van der Waals surface area (Å²) in [4.78, 5) is 11.4. The second-order valence-corrected chi connectivity index (χ2v) is 5.26. The number of hydrogen-bond donors (Lipinski definition) is 2. The molecule has 0 aromatic carbocycles. The summed E-state index contributed by atoms with van der Waals surface area (Å²) in [5, 5.41) is 2.80. The van der Waals surface area contributed by atoms with Gasteiger partial charge in [-0.05, 0) is 13.0 Å². The number of nitrogens with one attached hydrogen (secondary N) is 1. The van der Waals surface area contributed by atoms with Gasteiger partial charge in [-0.15, -0.1) is 0 Å². The Hall–Kier alpha value is -0.730. The van der Waals surface area contributed by atoms with Crippen molar-refractivity contribution in [1.82, 2.24) is 9.62 Å². The fourth-order valence-corrected chi connectivity index (χ4v) is 2.67. The van der Waals surface area contributed by atoms with Crippen molar-refractivity contribution >= 4 is 16.2 Å². The maximum atomic E-state index is 12.6. The largest absolute Gasteiger partial charge is 0.362 e. The van der Waals surface area contributed by atoms with E-state index in [1.165, 1.54) is 0 Å². The molecule has 1 saturated heterocycles. The Morgan fingerprint density at radius 1 is 1.47 bits per heavy atom. The number of unbranched alkanes of at least 4 members (excludes halogenated alkanes) is 2. The zero-order valence-electron chi connectivity index (χ0n) is 9.60. The van der Waals surface area contributed by atoms with E-state index in [1.807, 2.05) is 6.92 Å². The number of carbonyl (C=O) groups is 1. The number of hydrogen-bond acceptors (Lipinski definition) is 4. The Bertz CT molecular complexity index is 373. The first kappa shape index (κ1) is 14.3. The van der Waals surface area contributed by atoms with Crippen LogP contribution < -0.4 is 5.32 Å². The van der Waals surface area contributed by atoms with Crippen molar-refractivity contribution in [2.45, 2.75) is 38.3 Å². The van der Waals surface area contributed by atoms with E-state index in [9.17, 15) is 17.6 Å².